The predicted octanol–water partition coefficient (Wildman–Crippen LogP) is 0.524. The lowest BCUT2D eigenvalue weighted by atomic mass is 10.2. The maximum absolute atomic E-state index is 11.6. The van der Waals surface area contributed by atoms with E-state index in [1.807, 2.05) is 4.90 Å². The van der Waals surface area contributed by atoms with Crippen LogP contribution in [0, 0.1) is 0 Å². The Labute approximate surface area is 123 Å². The average molecular weight is 282 g/mol. The van der Waals surface area contributed by atoms with Crippen LogP contribution in [0.25, 0.3) is 0 Å². The Kier molecular flexibility index (Phi) is 5.81. The van der Waals surface area contributed by atoms with Gasteiger partial charge in [0.15, 0.2) is 0 Å². The summed E-state index contributed by atoms with van der Waals surface area (Å²) in [5.41, 5.74) is 0. The normalized spacial score (nSPS) is 23.2. The van der Waals surface area contributed by atoms with Gasteiger partial charge in [-0.2, -0.15) is 0 Å². The second-order valence-corrected chi connectivity index (χ2v) is 6.27. The molecule has 5 nitrogen and oxygen atoms in total. The molecule has 0 aromatic carbocycles. The van der Waals surface area contributed by atoms with E-state index in [2.05, 4.69) is 35.5 Å². The highest BCUT2D eigenvalue weighted by molar-refractivity contribution is 5.79. The Hall–Kier alpha value is -0.650. The van der Waals surface area contributed by atoms with Crippen molar-refractivity contribution in [2.45, 2.75) is 33.2 Å². The van der Waals surface area contributed by atoms with E-state index in [4.69, 9.17) is 0 Å². The molecule has 2 fully saturated rings. The standard InChI is InChI=1S/C15H30N4O/c1-4-18-13-17(12-15(18)20)7-5-6-16-8-10-19(11-9-16)14(2)3/h14H,4-13H2,1-3H3. The molecule has 0 aliphatic carbocycles. The van der Waals surface area contributed by atoms with Crippen LogP contribution in [0.3, 0.4) is 0 Å². The maximum atomic E-state index is 11.6. The number of carbonyl (C=O) groups is 1. The lowest BCUT2D eigenvalue weighted by molar-refractivity contribution is -0.126. The summed E-state index contributed by atoms with van der Waals surface area (Å²) in [6.07, 6.45) is 1.17. The zero-order valence-corrected chi connectivity index (χ0v) is 13.3. The molecule has 1 amide bonds. The number of hydrogen-bond acceptors (Lipinski definition) is 4. The van der Waals surface area contributed by atoms with Crippen LogP contribution < -0.4 is 0 Å². The van der Waals surface area contributed by atoms with Gasteiger partial charge in [0.05, 0.1) is 13.2 Å². The van der Waals surface area contributed by atoms with Crippen LogP contribution in [0.2, 0.25) is 0 Å². The van der Waals surface area contributed by atoms with Crippen molar-refractivity contribution in [2.24, 2.45) is 0 Å². The summed E-state index contributed by atoms with van der Waals surface area (Å²) >= 11 is 0. The fourth-order valence-electron chi connectivity index (χ4n) is 3.11. The van der Waals surface area contributed by atoms with E-state index in [9.17, 15) is 4.79 Å². The Balaban J connectivity index is 1.59. The summed E-state index contributed by atoms with van der Waals surface area (Å²) in [5, 5.41) is 0. The molecule has 2 aliphatic rings. The first-order valence-electron chi connectivity index (χ1n) is 8.06. The van der Waals surface area contributed by atoms with Crippen LogP contribution in [0.1, 0.15) is 27.2 Å². The Morgan fingerprint density at radius 1 is 1.05 bits per heavy atom. The van der Waals surface area contributed by atoms with Gasteiger partial charge in [-0.05, 0) is 33.7 Å². The summed E-state index contributed by atoms with van der Waals surface area (Å²) in [4.78, 5) is 21.0. The van der Waals surface area contributed by atoms with Crippen molar-refractivity contribution in [3.63, 3.8) is 0 Å². The molecular weight excluding hydrogens is 252 g/mol. The third-order valence-electron chi connectivity index (χ3n) is 4.55. The van der Waals surface area contributed by atoms with E-state index in [0.717, 1.165) is 19.8 Å². The Bertz CT molecular complexity index is 313. The SMILES string of the molecule is CCN1CN(CCCN2CCN(C(C)C)CC2)CC1=O. The quantitative estimate of drug-likeness (QED) is 0.711. The predicted molar refractivity (Wildman–Crippen MR) is 81.6 cm³/mol. The van der Waals surface area contributed by atoms with Gasteiger partial charge in [0.2, 0.25) is 5.91 Å². The van der Waals surface area contributed by atoms with E-state index in [0.29, 0.717) is 12.6 Å². The van der Waals surface area contributed by atoms with Gasteiger partial charge in [-0.25, -0.2) is 0 Å². The number of piperazine rings is 1. The largest absolute Gasteiger partial charge is 0.329 e. The molecule has 0 spiro atoms. The van der Waals surface area contributed by atoms with E-state index >= 15 is 0 Å². The fourth-order valence-corrected chi connectivity index (χ4v) is 3.11. The Morgan fingerprint density at radius 2 is 1.70 bits per heavy atom. The van der Waals surface area contributed by atoms with Gasteiger partial charge in [-0.3, -0.25) is 14.6 Å². The number of nitrogens with zero attached hydrogens (tertiary/aromatic N) is 4. The minimum absolute atomic E-state index is 0.290. The third kappa shape index (κ3) is 4.17. The molecule has 116 valence electrons. The third-order valence-corrected chi connectivity index (χ3v) is 4.55. The van der Waals surface area contributed by atoms with Crippen LogP contribution in [-0.2, 0) is 4.79 Å². The van der Waals surface area contributed by atoms with E-state index in [1.165, 1.54) is 39.1 Å². The molecular formula is C15H30N4O. The number of rotatable bonds is 6. The molecule has 2 aliphatic heterocycles. The number of hydrogen-bond donors (Lipinski definition) is 0. The van der Waals surface area contributed by atoms with Gasteiger partial charge in [0, 0.05) is 45.3 Å². The van der Waals surface area contributed by atoms with Crippen molar-refractivity contribution in [1.29, 1.82) is 0 Å². The van der Waals surface area contributed by atoms with Crippen molar-refractivity contribution in [1.82, 2.24) is 19.6 Å². The fraction of sp³-hybridized carbons (Fsp3) is 0.933. The molecule has 0 aromatic rings. The first-order chi connectivity index (χ1) is 9.60. The van der Waals surface area contributed by atoms with E-state index in [-0.39, 0.29) is 5.91 Å². The minimum Gasteiger partial charge on any atom is -0.329 e. The molecule has 0 atom stereocenters. The van der Waals surface area contributed by atoms with Crippen molar-refractivity contribution < 1.29 is 4.79 Å². The molecule has 0 radical (unpaired) electrons. The molecule has 20 heavy (non-hydrogen) atoms. The topological polar surface area (TPSA) is 30.0 Å². The number of amides is 1. The van der Waals surface area contributed by atoms with Crippen LogP contribution >= 0.6 is 0 Å². The van der Waals surface area contributed by atoms with Crippen molar-refractivity contribution in [3.05, 3.63) is 0 Å². The van der Waals surface area contributed by atoms with E-state index < -0.39 is 0 Å². The highest BCUT2D eigenvalue weighted by Gasteiger charge is 2.25. The summed E-state index contributed by atoms with van der Waals surface area (Å²) in [6, 6.07) is 0.674. The van der Waals surface area contributed by atoms with Crippen LogP contribution in [-0.4, -0.2) is 90.6 Å². The Morgan fingerprint density at radius 3 is 2.25 bits per heavy atom. The lowest BCUT2D eigenvalue weighted by Gasteiger charge is -2.37. The van der Waals surface area contributed by atoms with Gasteiger partial charge in [0.25, 0.3) is 0 Å². The van der Waals surface area contributed by atoms with Crippen molar-refractivity contribution in [3.8, 4) is 0 Å². The molecule has 5 heteroatoms. The molecule has 0 saturated carbocycles. The van der Waals surface area contributed by atoms with Gasteiger partial charge in [-0.15, -0.1) is 0 Å². The van der Waals surface area contributed by atoms with Crippen LogP contribution in [0.5, 0.6) is 0 Å². The monoisotopic (exact) mass is 282 g/mol. The minimum atomic E-state index is 0.290. The lowest BCUT2D eigenvalue weighted by Crippen LogP contribution is -2.49. The summed E-state index contributed by atoms with van der Waals surface area (Å²) in [5.74, 6) is 0.290. The number of likely N-dealkylation sites (N-methyl/N-ethyl adjacent to an activating group) is 1. The molecule has 2 heterocycles. The van der Waals surface area contributed by atoms with Crippen molar-refractivity contribution in [2.75, 3.05) is 59.0 Å². The molecule has 0 N–H and O–H groups in total. The number of carbonyl (C=O) groups excluding carboxylic acids is 1. The highest BCUT2D eigenvalue weighted by atomic mass is 16.2. The van der Waals surface area contributed by atoms with Crippen LogP contribution in [0.4, 0.5) is 0 Å². The summed E-state index contributed by atoms with van der Waals surface area (Å²) in [6.45, 7) is 15.9. The summed E-state index contributed by atoms with van der Waals surface area (Å²) < 4.78 is 0. The van der Waals surface area contributed by atoms with Crippen LogP contribution in [0.15, 0.2) is 0 Å². The van der Waals surface area contributed by atoms with Gasteiger partial charge < -0.3 is 9.80 Å². The van der Waals surface area contributed by atoms with Crippen molar-refractivity contribution >= 4 is 5.91 Å². The van der Waals surface area contributed by atoms with E-state index in [1.54, 1.807) is 0 Å². The van der Waals surface area contributed by atoms with Gasteiger partial charge in [0.1, 0.15) is 0 Å². The average Bonchev–Trinajstić information content (AvgIpc) is 2.79. The molecule has 2 rings (SSSR count). The molecule has 0 bridgehead atoms. The molecule has 0 aromatic heterocycles. The maximum Gasteiger partial charge on any atom is 0.237 e. The second-order valence-electron chi connectivity index (χ2n) is 6.27. The highest BCUT2D eigenvalue weighted by Crippen LogP contribution is 2.09. The zero-order valence-electron chi connectivity index (χ0n) is 13.3. The zero-order chi connectivity index (χ0) is 14.5. The van der Waals surface area contributed by atoms with Gasteiger partial charge in [-0.1, -0.05) is 0 Å². The molecule has 0 unspecified atom stereocenters. The smallest absolute Gasteiger partial charge is 0.237 e. The molecule has 2 saturated heterocycles. The van der Waals surface area contributed by atoms with Gasteiger partial charge >= 0.3 is 0 Å². The summed E-state index contributed by atoms with van der Waals surface area (Å²) in [7, 11) is 0. The second kappa shape index (κ2) is 7.38. The first-order valence-corrected chi connectivity index (χ1v) is 8.06. The first kappa shape index (κ1) is 15.7.